The molecule has 0 radical (unpaired) electrons. The van der Waals surface area contributed by atoms with E-state index in [4.69, 9.17) is 23.7 Å². The quantitative estimate of drug-likeness (QED) is 0.243. The lowest BCUT2D eigenvalue weighted by Crippen LogP contribution is -2.22. The summed E-state index contributed by atoms with van der Waals surface area (Å²) in [6.45, 7) is 11.0. The summed E-state index contributed by atoms with van der Waals surface area (Å²) in [5, 5.41) is 0. The Bertz CT molecular complexity index is 348. The summed E-state index contributed by atoms with van der Waals surface area (Å²) < 4.78 is 27.4. The first kappa shape index (κ1) is 22.3. The number of hydrogen-bond acceptors (Lipinski definition) is 5. The molecular formula is C22H38O5. The van der Waals surface area contributed by atoms with Crippen molar-refractivity contribution in [3.63, 3.8) is 0 Å². The van der Waals surface area contributed by atoms with E-state index in [-0.39, 0.29) is 0 Å². The second kappa shape index (κ2) is 14.0. The zero-order valence-electron chi connectivity index (χ0n) is 16.8. The summed E-state index contributed by atoms with van der Waals surface area (Å²) in [6, 6.07) is 0. The first-order valence-electron chi connectivity index (χ1n) is 10.5. The van der Waals surface area contributed by atoms with Crippen LogP contribution in [0.15, 0.2) is 25.7 Å². The topological polar surface area (TPSA) is 46.2 Å². The van der Waals surface area contributed by atoms with Crippen molar-refractivity contribution in [1.29, 1.82) is 0 Å². The highest BCUT2D eigenvalue weighted by molar-refractivity contribution is 4.73. The van der Waals surface area contributed by atoms with E-state index in [0.29, 0.717) is 37.3 Å². The van der Waals surface area contributed by atoms with Crippen LogP contribution in [0.3, 0.4) is 0 Å². The lowest BCUT2D eigenvalue weighted by Gasteiger charge is -2.28. The molecule has 5 nitrogen and oxygen atoms in total. The average Bonchev–Trinajstić information content (AvgIpc) is 2.71. The van der Waals surface area contributed by atoms with Gasteiger partial charge in [-0.05, 0) is 75.0 Å². The number of ether oxygens (including phenoxy) is 5. The van der Waals surface area contributed by atoms with E-state index in [2.05, 4.69) is 13.2 Å². The van der Waals surface area contributed by atoms with E-state index >= 15 is 0 Å². The van der Waals surface area contributed by atoms with Crippen LogP contribution in [0.2, 0.25) is 0 Å². The van der Waals surface area contributed by atoms with Crippen LogP contribution in [-0.2, 0) is 23.7 Å². The van der Waals surface area contributed by atoms with Crippen LogP contribution in [0.25, 0.3) is 0 Å². The highest BCUT2D eigenvalue weighted by Gasteiger charge is 2.22. The van der Waals surface area contributed by atoms with Gasteiger partial charge in [0.1, 0.15) is 13.6 Å². The van der Waals surface area contributed by atoms with Gasteiger partial charge < -0.3 is 23.7 Å². The molecule has 0 aliphatic heterocycles. The summed E-state index contributed by atoms with van der Waals surface area (Å²) in [7, 11) is 0. The molecule has 27 heavy (non-hydrogen) atoms. The van der Waals surface area contributed by atoms with Crippen molar-refractivity contribution >= 4 is 0 Å². The maximum absolute atomic E-state index is 5.66. The molecule has 0 spiro atoms. The molecular weight excluding hydrogens is 344 g/mol. The van der Waals surface area contributed by atoms with Gasteiger partial charge in [-0.15, -0.1) is 0 Å². The van der Waals surface area contributed by atoms with Crippen LogP contribution in [0.1, 0.15) is 51.4 Å². The van der Waals surface area contributed by atoms with E-state index in [1.165, 1.54) is 51.4 Å². The fourth-order valence-corrected chi connectivity index (χ4v) is 4.12. The summed E-state index contributed by atoms with van der Waals surface area (Å²) in [4.78, 5) is 0. The SMILES string of the molecule is C=COCC1CCC(COCOCOCC2CCC(COC=C)CC2)CC1. The monoisotopic (exact) mass is 382 g/mol. The van der Waals surface area contributed by atoms with E-state index in [0.717, 1.165) is 26.4 Å². The van der Waals surface area contributed by atoms with Crippen LogP contribution < -0.4 is 0 Å². The Kier molecular flexibility index (Phi) is 11.6. The summed E-state index contributed by atoms with van der Waals surface area (Å²) in [5.41, 5.74) is 0. The molecule has 0 unspecified atom stereocenters. The van der Waals surface area contributed by atoms with Gasteiger partial charge in [0.25, 0.3) is 0 Å². The van der Waals surface area contributed by atoms with E-state index in [9.17, 15) is 0 Å². The van der Waals surface area contributed by atoms with Gasteiger partial charge in [-0.25, -0.2) is 0 Å². The fraction of sp³-hybridized carbons (Fsp3) is 0.818. The van der Waals surface area contributed by atoms with Crippen LogP contribution in [0.4, 0.5) is 0 Å². The average molecular weight is 383 g/mol. The highest BCUT2D eigenvalue weighted by Crippen LogP contribution is 2.30. The lowest BCUT2D eigenvalue weighted by molar-refractivity contribution is -0.143. The van der Waals surface area contributed by atoms with Crippen molar-refractivity contribution in [2.45, 2.75) is 51.4 Å². The normalized spacial score (nSPS) is 28.4. The van der Waals surface area contributed by atoms with Gasteiger partial charge in [-0.2, -0.15) is 0 Å². The Labute approximate surface area is 165 Å². The predicted octanol–water partition coefficient (Wildman–Crippen LogP) is 4.88. The van der Waals surface area contributed by atoms with Gasteiger partial charge in [0.15, 0.2) is 0 Å². The minimum atomic E-state index is 0.325. The zero-order chi connectivity index (χ0) is 19.2. The largest absolute Gasteiger partial charge is 0.502 e. The molecule has 0 bridgehead atoms. The van der Waals surface area contributed by atoms with Crippen LogP contribution in [0.5, 0.6) is 0 Å². The Morgan fingerprint density at radius 3 is 1.19 bits per heavy atom. The summed E-state index contributed by atoms with van der Waals surface area (Å²) in [5.74, 6) is 2.64. The van der Waals surface area contributed by atoms with Crippen molar-refractivity contribution in [3.8, 4) is 0 Å². The van der Waals surface area contributed by atoms with Gasteiger partial charge in [-0.3, -0.25) is 0 Å². The summed E-state index contributed by atoms with van der Waals surface area (Å²) >= 11 is 0. The molecule has 0 atom stereocenters. The van der Waals surface area contributed by atoms with Crippen LogP contribution in [-0.4, -0.2) is 40.0 Å². The fourth-order valence-electron chi connectivity index (χ4n) is 4.12. The maximum atomic E-state index is 5.66. The molecule has 0 aromatic carbocycles. The standard InChI is InChI=1S/C22H38O5/c1-3-23-13-19-5-9-21(10-6-19)15-25-17-27-18-26-16-22-11-7-20(8-12-22)14-24-4-2/h3-4,19-22H,1-2,5-18H2. The van der Waals surface area contributed by atoms with E-state index < -0.39 is 0 Å². The zero-order valence-corrected chi connectivity index (χ0v) is 16.8. The third-order valence-electron chi connectivity index (χ3n) is 5.87. The molecule has 0 heterocycles. The van der Waals surface area contributed by atoms with Crippen molar-refractivity contribution in [1.82, 2.24) is 0 Å². The second-order valence-electron chi connectivity index (χ2n) is 7.95. The molecule has 2 aliphatic rings. The van der Waals surface area contributed by atoms with Crippen LogP contribution >= 0.6 is 0 Å². The molecule has 2 fully saturated rings. The third kappa shape index (κ3) is 9.63. The Morgan fingerprint density at radius 1 is 0.519 bits per heavy atom. The second-order valence-corrected chi connectivity index (χ2v) is 7.95. The smallest absolute Gasteiger partial charge is 0.149 e. The van der Waals surface area contributed by atoms with Gasteiger partial charge in [0, 0.05) is 0 Å². The van der Waals surface area contributed by atoms with Gasteiger partial charge in [0.2, 0.25) is 0 Å². The maximum Gasteiger partial charge on any atom is 0.149 e. The van der Waals surface area contributed by atoms with Gasteiger partial charge in [0.05, 0.1) is 39.0 Å². The number of hydrogen-bond donors (Lipinski definition) is 0. The van der Waals surface area contributed by atoms with Gasteiger partial charge >= 0.3 is 0 Å². The molecule has 0 saturated heterocycles. The first-order valence-corrected chi connectivity index (χ1v) is 10.5. The minimum absolute atomic E-state index is 0.325. The predicted molar refractivity (Wildman–Crippen MR) is 106 cm³/mol. The molecule has 0 amide bonds. The Hall–Kier alpha value is -1.04. The molecule has 5 heteroatoms. The molecule has 2 saturated carbocycles. The van der Waals surface area contributed by atoms with Crippen molar-refractivity contribution in [2.24, 2.45) is 23.7 Å². The highest BCUT2D eigenvalue weighted by atomic mass is 16.7. The lowest BCUT2D eigenvalue weighted by atomic mass is 9.83. The van der Waals surface area contributed by atoms with Crippen LogP contribution in [0, 0.1) is 23.7 Å². The Balaban J connectivity index is 1.37. The molecule has 0 aromatic rings. The molecule has 0 aromatic heterocycles. The first-order chi connectivity index (χ1) is 13.3. The molecule has 0 N–H and O–H groups in total. The van der Waals surface area contributed by atoms with Crippen molar-refractivity contribution in [3.05, 3.63) is 25.7 Å². The molecule has 156 valence electrons. The van der Waals surface area contributed by atoms with Crippen molar-refractivity contribution < 1.29 is 23.7 Å². The number of rotatable bonds is 14. The third-order valence-corrected chi connectivity index (χ3v) is 5.87. The minimum Gasteiger partial charge on any atom is -0.502 e. The molecule has 2 rings (SSSR count). The van der Waals surface area contributed by atoms with E-state index in [1.54, 1.807) is 12.5 Å². The Morgan fingerprint density at radius 2 is 0.852 bits per heavy atom. The summed E-state index contributed by atoms with van der Waals surface area (Å²) in [6.07, 6.45) is 12.8. The van der Waals surface area contributed by atoms with Gasteiger partial charge in [-0.1, -0.05) is 13.2 Å². The van der Waals surface area contributed by atoms with Crippen molar-refractivity contribution in [2.75, 3.05) is 40.0 Å². The van der Waals surface area contributed by atoms with E-state index in [1.807, 2.05) is 0 Å². The molecule has 2 aliphatic carbocycles.